The standard InChI is InChI=1S/C29H32ClN3O4/c1-20-18-22(11-12-23(20)30)37-17-7-6-16-33-25-9-5-4-8-24(25)32-28(33)14-15-31-29(34)21-10-13-26(35-2)27(19-21)36-3/h4-5,8-13,18-19H,6-7,14-17H2,1-3H3,(H,31,34). The Morgan fingerprint density at radius 3 is 2.59 bits per heavy atom. The van der Waals surface area contributed by atoms with Gasteiger partial charge in [-0.3, -0.25) is 4.79 Å². The molecule has 7 nitrogen and oxygen atoms in total. The van der Waals surface area contributed by atoms with Crippen LogP contribution in [0.2, 0.25) is 5.02 Å². The number of carbonyl (C=O) groups is 1. The number of rotatable bonds is 12. The summed E-state index contributed by atoms with van der Waals surface area (Å²) in [5.41, 5.74) is 3.57. The van der Waals surface area contributed by atoms with Crippen molar-refractivity contribution in [2.24, 2.45) is 0 Å². The van der Waals surface area contributed by atoms with Gasteiger partial charge in [-0.15, -0.1) is 0 Å². The van der Waals surface area contributed by atoms with Gasteiger partial charge in [0.25, 0.3) is 5.91 Å². The molecule has 1 heterocycles. The second-order valence-corrected chi connectivity index (χ2v) is 9.12. The highest BCUT2D eigenvalue weighted by Gasteiger charge is 2.13. The predicted molar refractivity (Wildman–Crippen MR) is 146 cm³/mol. The van der Waals surface area contributed by atoms with E-state index in [1.807, 2.05) is 43.3 Å². The van der Waals surface area contributed by atoms with E-state index in [-0.39, 0.29) is 5.91 Å². The number of imidazole rings is 1. The molecule has 0 fully saturated rings. The van der Waals surface area contributed by atoms with Crippen LogP contribution >= 0.6 is 11.6 Å². The Labute approximate surface area is 222 Å². The van der Waals surface area contributed by atoms with Crippen molar-refractivity contribution in [2.45, 2.75) is 32.7 Å². The van der Waals surface area contributed by atoms with Crippen LogP contribution < -0.4 is 19.5 Å². The summed E-state index contributed by atoms with van der Waals surface area (Å²) in [6, 6.07) is 19.0. The highest BCUT2D eigenvalue weighted by molar-refractivity contribution is 6.31. The van der Waals surface area contributed by atoms with Gasteiger partial charge in [0.15, 0.2) is 11.5 Å². The fourth-order valence-electron chi connectivity index (χ4n) is 4.20. The van der Waals surface area contributed by atoms with Crippen molar-refractivity contribution in [1.29, 1.82) is 0 Å². The Hall–Kier alpha value is -3.71. The molecule has 0 aliphatic heterocycles. The average Bonchev–Trinajstić information content (AvgIpc) is 3.27. The number of hydrogen-bond donors (Lipinski definition) is 1. The Morgan fingerprint density at radius 1 is 1.00 bits per heavy atom. The second-order valence-electron chi connectivity index (χ2n) is 8.71. The minimum atomic E-state index is -0.168. The quantitative estimate of drug-likeness (QED) is 0.237. The van der Waals surface area contributed by atoms with E-state index in [0.29, 0.717) is 36.6 Å². The second kappa shape index (κ2) is 12.5. The molecule has 8 heteroatoms. The summed E-state index contributed by atoms with van der Waals surface area (Å²) in [6.45, 7) is 3.89. The van der Waals surface area contributed by atoms with Crippen LogP contribution in [0, 0.1) is 6.92 Å². The highest BCUT2D eigenvalue weighted by Crippen LogP contribution is 2.27. The summed E-state index contributed by atoms with van der Waals surface area (Å²) in [5, 5.41) is 3.74. The number of para-hydroxylation sites is 2. The van der Waals surface area contributed by atoms with E-state index in [1.165, 1.54) is 0 Å². The molecular weight excluding hydrogens is 490 g/mol. The number of amides is 1. The lowest BCUT2D eigenvalue weighted by molar-refractivity contribution is 0.0953. The number of fused-ring (bicyclic) bond motifs is 1. The van der Waals surface area contributed by atoms with Gasteiger partial charge in [-0.05, 0) is 73.9 Å². The van der Waals surface area contributed by atoms with Crippen LogP contribution in [0.15, 0.2) is 60.7 Å². The molecule has 0 atom stereocenters. The van der Waals surface area contributed by atoms with E-state index in [0.717, 1.165) is 52.6 Å². The molecule has 0 saturated carbocycles. The first-order chi connectivity index (χ1) is 18.0. The van der Waals surface area contributed by atoms with Crippen molar-refractivity contribution in [2.75, 3.05) is 27.4 Å². The first-order valence-electron chi connectivity index (χ1n) is 12.3. The molecule has 0 spiro atoms. The zero-order chi connectivity index (χ0) is 26.2. The van der Waals surface area contributed by atoms with E-state index in [1.54, 1.807) is 32.4 Å². The van der Waals surface area contributed by atoms with Gasteiger partial charge < -0.3 is 24.1 Å². The van der Waals surface area contributed by atoms with Gasteiger partial charge in [0.2, 0.25) is 0 Å². The Morgan fingerprint density at radius 2 is 1.81 bits per heavy atom. The first kappa shape index (κ1) is 26.4. The molecule has 1 N–H and O–H groups in total. The number of carbonyl (C=O) groups excluding carboxylic acids is 1. The minimum absolute atomic E-state index is 0.168. The van der Waals surface area contributed by atoms with E-state index < -0.39 is 0 Å². The number of unbranched alkanes of at least 4 members (excludes halogenated alkanes) is 1. The summed E-state index contributed by atoms with van der Waals surface area (Å²) in [4.78, 5) is 17.5. The summed E-state index contributed by atoms with van der Waals surface area (Å²) < 4.78 is 18.7. The zero-order valence-electron chi connectivity index (χ0n) is 21.4. The van der Waals surface area contributed by atoms with Crippen LogP contribution in [0.1, 0.15) is 34.6 Å². The van der Waals surface area contributed by atoms with Gasteiger partial charge in [-0.2, -0.15) is 0 Å². The molecule has 4 rings (SSSR count). The lowest BCUT2D eigenvalue weighted by Gasteiger charge is -2.12. The van der Waals surface area contributed by atoms with Crippen LogP contribution in [0.4, 0.5) is 0 Å². The predicted octanol–water partition coefficient (Wildman–Crippen LogP) is 5.85. The third-order valence-electron chi connectivity index (χ3n) is 6.19. The number of halogens is 1. The van der Waals surface area contributed by atoms with Crippen LogP contribution in [-0.4, -0.2) is 42.8 Å². The van der Waals surface area contributed by atoms with Crippen LogP contribution in [-0.2, 0) is 13.0 Å². The smallest absolute Gasteiger partial charge is 0.251 e. The van der Waals surface area contributed by atoms with Gasteiger partial charge in [0, 0.05) is 30.1 Å². The number of benzene rings is 3. The maximum Gasteiger partial charge on any atom is 0.251 e. The molecule has 0 radical (unpaired) electrons. The summed E-state index contributed by atoms with van der Waals surface area (Å²) in [5.74, 6) is 2.72. The largest absolute Gasteiger partial charge is 0.494 e. The molecule has 4 aromatic rings. The van der Waals surface area contributed by atoms with Gasteiger partial charge in [-0.1, -0.05) is 23.7 Å². The van der Waals surface area contributed by atoms with Crippen molar-refractivity contribution >= 4 is 28.5 Å². The van der Waals surface area contributed by atoms with Gasteiger partial charge in [0.1, 0.15) is 11.6 Å². The molecule has 0 aliphatic carbocycles. The van der Waals surface area contributed by atoms with Crippen LogP contribution in [0.3, 0.4) is 0 Å². The summed E-state index contributed by atoms with van der Waals surface area (Å²) in [6.07, 6.45) is 2.47. The van der Waals surface area contributed by atoms with Crippen molar-refractivity contribution in [1.82, 2.24) is 14.9 Å². The molecule has 1 amide bonds. The summed E-state index contributed by atoms with van der Waals surface area (Å²) in [7, 11) is 3.12. The zero-order valence-corrected chi connectivity index (χ0v) is 22.2. The third-order valence-corrected chi connectivity index (χ3v) is 6.61. The van der Waals surface area contributed by atoms with E-state index in [4.69, 9.17) is 30.8 Å². The van der Waals surface area contributed by atoms with E-state index in [9.17, 15) is 4.79 Å². The van der Waals surface area contributed by atoms with Crippen LogP contribution in [0.25, 0.3) is 11.0 Å². The van der Waals surface area contributed by atoms with Crippen molar-refractivity contribution in [3.63, 3.8) is 0 Å². The normalized spacial score (nSPS) is 10.9. The number of hydrogen-bond acceptors (Lipinski definition) is 5. The third kappa shape index (κ3) is 6.54. The fraction of sp³-hybridized carbons (Fsp3) is 0.310. The van der Waals surface area contributed by atoms with Crippen molar-refractivity contribution in [3.05, 3.63) is 82.6 Å². The van der Waals surface area contributed by atoms with Gasteiger partial charge >= 0.3 is 0 Å². The lowest BCUT2D eigenvalue weighted by atomic mass is 10.2. The average molecular weight is 522 g/mol. The number of ether oxygens (including phenoxy) is 3. The first-order valence-corrected chi connectivity index (χ1v) is 12.7. The van der Waals surface area contributed by atoms with Gasteiger partial charge in [-0.25, -0.2) is 4.98 Å². The Kier molecular flexibility index (Phi) is 8.90. The molecule has 1 aromatic heterocycles. The molecule has 0 saturated heterocycles. The molecule has 0 bridgehead atoms. The highest BCUT2D eigenvalue weighted by atomic mass is 35.5. The molecular formula is C29H32ClN3O4. The van der Waals surface area contributed by atoms with Gasteiger partial charge in [0.05, 0.1) is 31.9 Å². The lowest BCUT2D eigenvalue weighted by Crippen LogP contribution is -2.26. The Balaban J connectivity index is 1.34. The number of methoxy groups -OCH3 is 2. The number of nitrogens with one attached hydrogen (secondary N) is 1. The van der Waals surface area contributed by atoms with Crippen molar-refractivity contribution < 1.29 is 19.0 Å². The number of aromatic nitrogens is 2. The van der Waals surface area contributed by atoms with Crippen LogP contribution in [0.5, 0.6) is 17.2 Å². The SMILES string of the molecule is COc1ccc(C(=O)NCCc2nc3ccccc3n2CCCCOc2ccc(Cl)c(C)c2)cc1OC. The molecule has 194 valence electrons. The maximum atomic E-state index is 12.7. The maximum absolute atomic E-state index is 12.7. The van der Waals surface area contributed by atoms with E-state index >= 15 is 0 Å². The van der Waals surface area contributed by atoms with Crippen molar-refractivity contribution in [3.8, 4) is 17.2 Å². The minimum Gasteiger partial charge on any atom is -0.494 e. The topological polar surface area (TPSA) is 74.6 Å². The molecule has 3 aromatic carbocycles. The number of nitrogens with zero attached hydrogens (tertiary/aromatic N) is 2. The molecule has 0 aliphatic rings. The van der Waals surface area contributed by atoms with E-state index in [2.05, 4.69) is 16.0 Å². The molecule has 0 unspecified atom stereocenters. The monoisotopic (exact) mass is 521 g/mol. The molecule has 37 heavy (non-hydrogen) atoms. The fourth-order valence-corrected chi connectivity index (χ4v) is 4.32. The summed E-state index contributed by atoms with van der Waals surface area (Å²) >= 11 is 6.10. The number of aryl methyl sites for hydroxylation is 2. The Bertz CT molecular complexity index is 1370.